The van der Waals surface area contributed by atoms with Crippen LogP contribution >= 0.6 is 15.9 Å². The number of carbonyl (C=O) groups is 1. The third-order valence-electron chi connectivity index (χ3n) is 2.76. The molecule has 0 aliphatic rings. The first kappa shape index (κ1) is 17.9. The van der Waals surface area contributed by atoms with Crippen molar-refractivity contribution in [1.29, 1.82) is 0 Å². The zero-order valence-electron chi connectivity index (χ0n) is 12.0. The molecule has 118 valence electrons. The van der Waals surface area contributed by atoms with Gasteiger partial charge in [0.05, 0.1) is 5.60 Å². The number of hydrogen-bond acceptors (Lipinski definition) is 4. The second-order valence-electron chi connectivity index (χ2n) is 4.88. The number of rotatable bonds is 8. The molecule has 21 heavy (non-hydrogen) atoms. The Balaban J connectivity index is 2.37. The molecule has 1 aromatic rings. The minimum atomic E-state index is -1.06. The molecule has 5 nitrogen and oxygen atoms in total. The fraction of sp³-hybridized carbons (Fsp3) is 0.500. The molecular formula is C14H19BrFNO4. The van der Waals surface area contributed by atoms with Gasteiger partial charge in [0.2, 0.25) is 0 Å². The molecule has 0 saturated heterocycles. The molecule has 1 unspecified atom stereocenters. The van der Waals surface area contributed by atoms with Crippen LogP contribution in [0, 0.1) is 5.82 Å². The lowest BCUT2D eigenvalue weighted by atomic mass is 10.0. The molecule has 0 saturated carbocycles. The highest BCUT2D eigenvalue weighted by Gasteiger charge is 2.21. The molecule has 0 radical (unpaired) electrons. The van der Waals surface area contributed by atoms with Gasteiger partial charge in [0, 0.05) is 31.2 Å². The summed E-state index contributed by atoms with van der Waals surface area (Å²) in [6.45, 7) is 1.74. The summed E-state index contributed by atoms with van der Waals surface area (Å²) in [6.07, 6.45) is 0.395. The Kier molecular flexibility index (Phi) is 7.07. The van der Waals surface area contributed by atoms with Gasteiger partial charge < -0.3 is 19.9 Å². The van der Waals surface area contributed by atoms with Crippen LogP contribution in [0.25, 0.3) is 0 Å². The number of hydrogen-bond donors (Lipinski definition) is 2. The van der Waals surface area contributed by atoms with E-state index in [0.29, 0.717) is 17.5 Å². The molecule has 0 fully saturated rings. The summed E-state index contributed by atoms with van der Waals surface area (Å²) in [4.78, 5) is 11.6. The average molecular weight is 364 g/mol. The molecule has 1 rings (SSSR count). The van der Waals surface area contributed by atoms with E-state index in [9.17, 15) is 14.3 Å². The molecule has 7 heteroatoms. The van der Waals surface area contributed by atoms with E-state index in [1.807, 2.05) is 0 Å². The summed E-state index contributed by atoms with van der Waals surface area (Å²) in [5, 5.41) is 12.5. The largest absolute Gasteiger partial charge is 0.481 e. The topological polar surface area (TPSA) is 67.8 Å². The Hall–Kier alpha value is -1.18. The summed E-state index contributed by atoms with van der Waals surface area (Å²) < 4.78 is 24.0. The predicted octanol–water partition coefficient (Wildman–Crippen LogP) is 1.87. The first-order chi connectivity index (χ1) is 9.84. The number of benzene rings is 1. The number of amides is 1. The van der Waals surface area contributed by atoms with Crippen molar-refractivity contribution < 1.29 is 23.8 Å². The van der Waals surface area contributed by atoms with E-state index < -0.39 is 17.3 Å². The van der Waals surface area contributed by atoms with Crippen LogP contribution in [0.15, 0.2) is 22.7 Å². The molecule has 0 aliphatic heterocycles. The second-order valence-corrected chi connectivity index (χ2v) is 5.80. The van der Waals surface area contributed by atoms with Gasteiger partial charge in [0.15, 0.2) is 18.2 Å². The first-order valence-corrected chi connectivity index (χ1v) is 7.19. The van der Waals surface area contributed by atoms with Crippen LogP contribution in [0.3, 0.4) is 0 Å². The molecule has 1 atom stereocenters. The molecule has 1 aromatic carbocycles. The fourth-order valence-corrected chi connectivity index (χ4v) is 1.82. The summed E-state index contributed by atoms with van der Waals surface area (Å²) in [5.74, 6) is -0.987. The van der Waals surface area contributed by atoms with E-state index in [2.05, 4.69) is 21.2 Å². The highest BCUT2D eigenvalue weighted by molar-refractivity contribution is 9.10. The van der Waals surface area contributed by atoms with E-state index in [0.717, 1.165) is 0 Å². The van der Waals surface area contributed by atoms with Gasteiger partial charge in [-0.15, -0.1) is 0 Å². The minimum absolute atomic E-state index is 0.000469. The van der Waals surface area contributed by atoms with E-state index in [1.54, 1.807) is 13.0 Å². The number of carbonyl (C=O) groups excluding carboxylic acids is 1. The van der Waals surface area contributed by atoms with E-state index in [4.69, 9.17) is 9.47 Å². The molecule has 1 amide bonds. The quantitative estimate of drug-likeness (QED) is 0.739. The van der Waals surface area contributed by atoms with Crippen LogP contribution in [0.5, 0.6) is 5.75 Å². The van der Waals surface area contributed by atoms with Crippen LogP contribution in [-0.4, -0.2) is 43.5 Å². The van der Waals surface area contributed by atoms with Crippen molar-refractivity contribution in [2.75, 3.05) is 26.9 Å². The molecule has 0 aromatic heterocycles. The van der Waals surface area contributed by atoms with Crippen LogP contribution in [0.4, 0.5) is 4.39 Å². The zero-order valence-corrected chi connectivity index (χ0v) is 13.6. The highest BCUT2D eigenvalue weighted by atomic mass is 79.9. The van der Waals surface area contributed by atoms with Gasteiger partial charge >= 0.3 is 0 Å². The van der Waals surface area contributed by atoms with E-state index in [-0.39, 0.29) is 18.9 Å². The molecule has 2 N–H and O–H groups in total. The van der Waals surface area contributed by atoms with Gasteiger partial charge in [-0.1, -0.05) is 15.9 Å². The number of aliphatic hydroxyl groups is 1. The van der Waals surface area contributed by atoms with Crippen molar-refractivity contribution in [3.63, 3.8) is 0 Å². The molecule has 0 heterocycles. The van der Waals surface area contributed by atoms with Crippen molar-refractivity contribution >= 4 is 21.8 Å². The average Bonchev–Trinajstić information content (AvgIpc) is 2.42. The SMILES string of the molecule is COCCC(C)(O)CNC(=O)COc1ccc(Br)cc1F. The predicted molar refractivity (Wildman–Crippen MR) is 79.7 cm³/mol. The van der Waals surface area contributed by atoms with Crippen molar-refractivity contribution in [2.45, 2.75) is 18.9 Å². The second kappa shape index (κ2) is 8.31. The third-order valence-corrected chi connectivity index (χ3v) is 3.26. The monoisotopic (exact) mass is 363 g/mol. The summed E-state index contributed by atoms with van der Waals surface area (Å²) >= 11 is 3.13. The van der Waals surface area contributed by atoms with Crippen LogP contribution < -0.4 is 10.1 Å². The van der Waals surface area contributed by atoms with Gasteiger partial charge in [0.25, 0.3) is 5.91 Å². The Morgan fingerprint density at radius 3 is 2.86 bits per heavy atom. The highest BCUT2D eigenvalue weighted by Crippen LogP contribution is 2.21. The molecule has 0 bridgehead atoms. The van der Waals surface area contributed by atoms with E-state index >= 15 is 0 Å². The Morgan fingerprint density at radius 1 is 1.52 bits per heavy atom. The molecule has 0 aliphatic carbocycles. The van der Waals surface area contributed by atoms with Gasteiger partial charge in [-0.3, -0.25) is 4.79 Å². The maximum atomic E-state index is 13.5. The number of nitrogens with one attached hydrogen (secondary N) is 1. The van der Waals surface area contributed by atoms with Gasteiger partial charge in [-0.05, 0) is 25.1 Å². The van der Waals surface area contributed by atoms with Gasteiger partial charge in [-0.25, -0.2) is 4.39 Å². The first-order valence-electron chi connectivity index (χ1n) is 6.40. The van der Waals surface area contributed by atoms with Crippen LogP contribution in [-0.2, 0) is 9.53 Å². The maximum Gasteiger partial charge on any atom is 0.258 e. The summed E-state index contributed by atoms with van der Waals surface area (Å²) in [7, 11) is 1.54. The summed E-state index contributed by atoms with van der Waals surface area (Å²) in [5.41, 5.74) is -1.06. The Labute approximate surface area is 131 Å². The van der Waals surface area contributed by atoms with Crippen molar-refractivity contribution in [3.05, 3.63) is 28.5 Å². The van der Waals surface area contributed by atoms with Crippen molar-refractivity contribution in [1.82, 2.24) is 5.32 Å². The Morgan fingerprint density at radius 2 is 2.24 bits per heavy atom. The van der Waals surface area contributed by atoms with E-state index in [1.165, 1.54) is 19.2 Å². The smallest absolute Gasteiger partial charge is 0.258 e. The lowest BCUT2D eigenvalue weighted by Crippen LogP contribution is -2.42. The molecule has 0 spiro atoms. The lowest BCUT2D eigenvalue weighted by Gasteiger charge is -2.23. The fourth-order valence-electron chi connectivity index (χ4n) is 1.49. The maximum absolute atomic E-state index is 13.5. The van der Waals surface area contributed by atoms with Crippen molar-refractivity contribution in [3.8, 4) is 5.75 Å². The van der Waals surface area contributed by atoms with Gasteiger partial charge in [0.1, 0.15) is 0 Å². The van der Waals surface area contributed by atoms with Crippen molar-refractivity contribution in [2.24, 2.45) is 0 Å². The zero-order chi connectivity index (χ0) is 15.9. The third kappa shape index (κ3) is 6.88. The van der Waals surface area contributed by atoms with Crippen LogP contribution in [0.2, 0.25) is 0 Å². The van der Waals surface area contributed by atoms with Crippen LogP contribution in [0.1, 0.15) is 13.3 Å². The standard InChI is InChI=1S/C14H19BrFNO4/c1-14(19,5-6-20-2)9-17-13(18)8-21-12-4-3-10(15)7-11(12)16/h3-4,7,19H,5-6,8-9H2,1-2H3,(H,17,18). The lowest BCUT2D eigenvalue weighted by molar-refractivity contribution is -0.124. The Bertz CT molecular complexity index is 482. The van der Waals surface area contributed by atoms with Gasteiger partial charge in [-0.2, -0.15) is 0 Å². The molecular weight excluding hydrogens is 345 g/mol. The normalized spacial score (nSPS) is 13.6. The number of halogens is 2. The number of ether oxygens (including phenoxy) is 2. The minimum Gasteiger partial charge on any atom is -0.481 e. The number of methoxy groups -OCH3 is 1. The summed E-state index contributed by atoms with van der Waals surface area (Å²) in [6, 6.07) is 4.30.